The zero-order valence-corrected chi connectivity index (χ0v) is 21.4. The monoisotopic (exact) mass is 548 g/mol. The van der Waals surface area contributed by atoms with Gasteiger partial charge in [-0.15, -0.1) is 0 Å². The fraction of sp³-hybridized carbons (Fsp3) is 0.433. The number of carbonyl (C=O) groups excluding carboxylic acids is 1. The molecule has 0 aromatic heterocycles. The number of likely N-dealkylation sites (tertiary alicyclic amines) is 1. The fourth-order valence-corrected chi connectivity index (χ4v) is 5.97. The van der Waals surface area contributed by atoms with Crippen LogP contribution in [0.4, 0.5) is 26.3 Å². The molecule has 0 bridgehead atoms. The van der Waals surface area contributed by atoms with Crippen molar-refractivity contribution in [2.45, 2.75) is 56.8 Å². The first-order valence-corrected chi connectivity index (χ1v) is 13.3. The van der Waals surface area contributed by atoms with E-state index in [1.165, 1.54) is 36.4 Å². The van der Waals surface area contributed by atoms with Crippen molar-refractivity contribution in [1.29, 1.82) is 0 Å². The molecule has 5 rings (SSSR count). The summed E-state index contributed by atoms with van der Waals surface area (Å²) in [5.41, 5.74) is 2.08. The van der Waals surface area contributed by atoms with E-state index in [1.807, 2.05) is 0 Å². The van der Waals surface area contributed by atoms with E-state index in [0.29, 0.717) is 73.3 Å². The Morgan fingerprint density at radius 1 is 0.897 bits per heavy atom. The topological polar surface area (TPSA) is 23.6 Å². The van der Waals surface area contributed by atoms with Crippen LogP contribution < -0.4 is 0 Å². The van der Waals surface area contributed by atoms with E-state index >= 15 is 0 Å². The largest absolute Gasteiger partial charge is 0.416 e. The van der Waals surface area contributed by atoms with Gasteiger partial charge in [-0.3, -0.25) is 4.79 Å². The molecule has 3 aliphatic rings. The van der Waals surface area contributed by atoms with Crippen LogP contribution in [-0.4, -0.2) is 48.1 Å². The van der Waals surface area contributed by atoms with Crippen molar-refractivity contribution in [2.75, 3.05) is 26.2 Å². The summed E-state index contributed by atoms with van der Waals surface area (Å²) in [6.45, 7) is 2.15. The van der Waals surface area contributed by atoms with Gasteiger partial charge in [0, 0.05) is 30.8 Å². The number of hydrogen-bond donors (Lipinski definition) is 0. The maximum absolute atomic E-state index is 14.7. The van der Waals surface area contributed by atoms with Crippen molar-refractivity contribution in [2.24, 2.45) is 0 Å². The van der Waals surface area contributed by atoms with E-state index in [9.17, 15) is 31.1 Å². The van der Waals surface area contributed by atoms with Crippen LogP contribution in [0, 0.1) is 5.82 Å². The zero-order chi connectivity index (χ0) is 27.7. The number of benzene rings is 2. The molecule has 0 spiro atoms. The first-order valence-electron chi connectivity index (χ1n) is 13.3. The van der Waals surface area contributed by atoms with Crippen LogP contribution in [0.5, 0.6) is 0 Å². The Balaban J connectivity index is 1.31. The number of alkyl halides is 4. The van der Waals surface area contributed by atoms with Crippen LogP contribution in [-0.2, 0) is 6.18 Å². The van der Waals surface area contributed by atoms with Gasteiger partial charge in [-0.05, 0) is 98.2 Å². The first-order chi connectivity index (χ1) is 18.6. The lowest BCUT2D eigenvalue weighted by molar-refractivity contribution is -0.137. The summed E-state index contributed by atoms with van der Waals surface area (Å²) in [5, 5.41) is 0. The third kappa shape index (κ3) is 5.93. The van der Waals surface area contributed by atoms with Crippen LogP contribution in [0.2, 0.25) is 0 Å². The Kier molecular flexibility index (Phi) is 7.89. The number of nitrogens with zero attached hydrogens (tertiary/aromatic N) is 2. The van der Waals surface area contributed by atoms with Crippen LogP contribution in [0.25, 0.3) is 0 Å². The van der Waals surface area contributed by atoms with Crippen molar-refractivity contribution in [3.8, 4) is 0 Å². The Morgan fingerprint density at radius 2 is 1.62 bits per heavy atom. The highest BCUT2D eigenvalue weighted by molar-refractivity contribution is 5.95. The molecule has 1 fully saturated rings. The number of piperidine rings is 1. The van der Waals surface area contributed by atoms with Crippen molar-refractivity contribution in [3.05, 3.63) is 93.7 Å². The zero-order valence-electron chi connectivity index (χ0n) is 21.4. The van der Waals surface area contributed by atoms with Crippen LogP contribution >= 0.6 is 0 Å². The van der Waals surface area contributed by atoms with Gasteiger partial charge in [-0.2, -0.15) is 13.2 Å². The number of hydrogen-bond acceptors (Lipinski definition) is 2. The summed E-state index contributed by atoms with van der Waals surface area (Å²) in [6, 6.07) is 10.8. The van der Waals surface area contributed by atoms with Crippen molar-refractivity contribution >= 4 is 5.91 Å². The normalized spacial score (nSPS) is 21.4. The Hall–Kier alpha value is -3.07. The predicted octanol–water partition coefficient (Wildman–Crippen LogP) is 7.57. The second-order valence-electron chi connectivity index (χ2n) is 10.5. The Labute approximate surface area is 223 Å². The lowest BCUT2D eigenvalue weighted by Gasteiger charge is -2.38. The molecule has 1 saturated heterocycles. The number of rotatable bonds is 5. The molecular weight excluding hydrogens is 518 g/mol. The molecule has 3 nitrogen and oxygen atoms in total. The summed E-state index contributed by atoms with van der Waals surface area (Å²) >= 11 is 0. The van der Waals surface area contributed by atoms with Gasteiger partial charge in [0.1, 0.15) is 11.6 Å². The predicted molar refractivity (Wildman–Crippen MR) is 136 cm³/mol. The molecule has 0 radical (unpaired) electrons. The van der Waals surface area contributed by atoms with Gasteiger partial charge in [0.05, 0.1) is 5.56 Å². The molecule has 2 aromatic rings. The molecule has 1 aliphatic carbocycles. The molecule has 9 heteroatoms. The minimum atomic E-state index is -4.38. The molecule has 1 unspecified atom stereocenters. The van der Waals surface area contributed by atoms with Gasteiger partial charge < -0.3 is 9.80 Å². The third-order valence-corrected chi connectivity index (χ3v) is 8.11. The van der Waals surface area contributed by atoms with E-state index in [-0.39, 0.29) is 31.2 Å². The van der Waals surface area contributed by atoms with E-state index in [1.54, 1.807) is 11.0 Å². The lowest BCUT2D eigenvalue weighted by Crippen LogP contribution is -2.39. The maximum atomic E-state index is 14.7. The Morgan fingerprint density at radius 3 is 2.31 bits per heavy atom. The van der Waals surface area contributed by atoms with Gasteiger partial charge in [0.15, 0.2) is 6.17 Å². The van der Waals surface area contributed by atoms with Gasteiger partial charge in [0.25, 0.3) is 5.91 Å². The summed E-state index contributed by atoms with van der Waals surface area (Å²) < 4.78 is 81.7. The highest BCUT2D eigenvalue weighted by atomic mass is 19.4. The highest BCUT2D eigenvalue weighted by Crippen LogP contribution is 2.41. The van der Waals surface area contributed by atoms with E-state index in [2.05, 4.69) is 4.90 Å². The number of carbonyl (C=O) groups is 1. The lowest BCUT2D eigenvalue weighted by atomic mass is 9.84. The van der Waals surface area contributed by atoms with Gasteiger partial charge in [-0.25, -0.2) is 13.2 Å². The molecule has 2 aliphatic heterocycles. The average Bonchev–Trinajstić information content (AvgIpc) is 2.93. The van der Waals surface area contributed by atoms with Crippen molar-refractivity contribution < 1.29 is 31.1 Å². The summed E-state index contributed by atoms with van der Waals surface area (Å²) in [6.07, 6.45) is -3.57. The van der Waals surface area contributed by atoms with Gasteiger partial charge in [-0.1, -0.05) is 18.2 Å². The second kappa shape index (κ2) is 11.2. The molecule has 39 heavy (non-hydrogen) atoms. The summed E-state index contributed by atoms with van der Waals surface area (Å²) in [7, 11) is 0. The molecule has 208 valence electrons. The minimum absolute atomic E-state index is 0.0229. The molecule has 2 aromatic carbocycles. The summed E-state index contributed by atoms with van der Waals surface area (Å²) in [5.74, 6) is -1.47. The number of fused-ring (bicyclic) bond motifs is 1. The van der Waals surface area contributed by atoms with Crippen molar-refractivity contribution in [3.63, 3.8) is 0 Å². The van der Waals surface area contributed by atoms with Gasteiger partial charge >= 0.3 is 6.18 Å². The average molecular weight is 549 g/mol. The van der Waals surface area contributed by atoms with Crippen molar-refractivity contribution in [1.82, 2.24) is 9.80 Å². The molecular formula is C30H30F6N2O. The second-order valence-corrected chi connectivity index (χ2v) is 10.5. The Bertz CT molecular complexity index is 1280. The van der Waals surface area contributed by atoms with E-state index < -0.39 is 29.6 Å². The summed E-state index contributed by atoms with van der Waals surface area (Å²) in [4.78, 5) is 17.2. The third-order valence-electron chi connectivity index (χ3n) is 8.11. The smallest absolute Gasteiger partial charge is 0.311 e. The SMILES string of the molecule is O=C(c1ccc(F)cc1)N1CCC2=C(F)C(F)CCC2=C1CCN1CCC(c2cccc(C(F)(F)F)c2)CC1. The molecule has 1 atom stereocenters. The minimum Gasteiger partial charge on any atom is -0.311 e. The van der Waals surface area contributed by atoms with Crippen LogP contribution in [0.1, 0.15) is 65.9 Å². The van der Waals surface area contributed by atoms with E-state index in [0.717, 1.165) is 6.07 Å². The maximum Gasteiger partial charge on any atom is 0.416 e. The molecule has 0 N–H and O–H groups in total. The van der Waals surface area contributed by atoms with Crippen LogP contribution in [0.3, 0.4) is 0 Å². The highest BCUT2D eigenvalue weighted by Gasteiger charge is 2.36. The number of allylic oxidation sites excluding steroid dienone is 2. The standard InChI is InChI=1S/C30H30F6N2O/c31-23-6-4-20(5-7-23)29(39)38-17-12-25-24(8-9-26(32)28(25)33)27(38)13-16-37-14-10-19(11-15-37)21-2-1-3-22(18-21)30(34,35)36/h1-7,18-19,26H,8-17H2. The fourth-order valence-electron chi connectivity index (χ4n) is 5.97. The molecule has 0 saturated carbocycles. The number of halogens is 6. The molecule has 2 heterocycles. The van der Waals surface area contributed by atoms with Crippen LogP contribution in [0.15, 0.2) is 71.2 Å². The van der Waals surface area contributed by atoms with E-state index in [4.69, 9.17) is 0 Å². The molecule has 1 amide bonds. The first kappa shape index (κ1) is 27.5. The quantitative estimate of drug-likeness (QED) is 0.360. The number of amides is 1. The van der Waals surface area contributed by atoms with Gasteiger partial charge in [0.2, 0.25) is 0 Å².